The number of halogens is 1. The van der Waals surface area contributed by atoms with E-state index in [4.69, 9.17) is 16.3 Å². The topological polar surface area (TPSA) is 69.5 Å². The van der Waals surface area contributed by atoms with Gasteiger partial charge in [0, 0.05) is 43.0 Å². The van der Waals surface area contributed by atoms with E-state index in [0.29, 0.717) is 47.4 Å². The molecule has 0 atom stereocenters. The number of anilines is 1. The fraction of sp³-hybridized carbons (Fsp3) is 0.240. The van der Waals surface area contributed by atoms with Crippen LogP contribution >= 0.6 is 11.6 Å². The van der Waals surface area contributed by atoms with Crippen molar-refractivity contribution in [3.05, 3.63) is 88.6 Å². The average molecular weight is 447 g/mol. The fourth-order valence-electron chi connectivity index (χ4n) is 3.78. The van der Waals surface area contributed by atoms with Gasteiger partial charge >= 0.3 is 0 Å². The van der Waals surface area contributed by atoms with Crippen LogP contribution in [0.15, 0.2) is 66.9 Å². The van der Waals surface area contributed by atoms with E-state index in [9.17, 15) is 10.1 Å². The number of carbonyl (C=O) groups is 1. The third-order valence-electron chi connectivity index (χ3n) is 5.45. The van der Waals surface area contributed by atoms with E-state index < -0.39 is 0 Å². The first-order chi connectivity index (χ1) is 15.7. The van der Waals surface area contributed by atoms with Gasteiger partial charge in [-0.15, -0.1) is 0 Å². The Morgan fingerprint density at radius 2 is 1.84 bits per heavy atom. The lowest BCUT2D eigenvalue weighted by Gasteiger charge is -2.24. The lowest BCUT2D eigenvalue weighted by Crippen LogP contribution is -2.35. The number of benzene rings is 2. The normalized spacial score (nSPS) is 13.9. The molecule has 162 valence electrons. The molecule has 0 unspecified atom stereocenters. The maximum Gasteiger partial charge on any atom is 0.257 e. The molecule has 7 heteroatoms. The Bertz CT molecular complexity index is 1140. The molecule has 0 N–H and O–H groups in total. The molecule has 32 heavy (non-hydrogen) atoms. The van der Waals surface area contributed by atoms with Gasteiger partial charge in [0.2, 0.25) is 0 Å². The van der Waals surface area contributed by atoms with Gasteiger partial charge in [0.15, 0.2) is 0 Å². The Hall–Kier alpha value is -3.56. The smallest absolute Gasteiger partial charge is 0.257 e. The highest BCUT2D eigenvalue weighted by molar-refractivity contribution is 6.31. The van der Waals surface area contributed by atoms with Crippen molar-refractivity contribution in [3.63, 3.8) is 0 Å². The summed E-state index contributed by atoms with van der Waals surface area (Å²) in [5.74, 6) is 1.14. The summed E-state index contributed by atoms with van der Waals surface area (Å²) >= 11 is 6.23. The van der Waals surface area contributed by atoms with Gasteiger partial charge in [-0.3, -0.25) is 4.79 Å². The van der Waals surface area contributed by atoms with Crippen LogP contribution in [0.5, 0.6) is 5.75 Å². The van der Waals surface area contributed by atoms with Crippen LogP contribution in [0.25, 0.3) is 0 Å². The largest absolute Gasteiger partial charge is 0.488 e. The first-order valence-corrected chi connectivity index (χ1v) is 10.9. The summed E-state index contributed by atoms with van der Waals surface area (Å²) in [4.78, 5) is 21.7. The molecule has 0 radical (unpaired) electrons. The number of hydrogen-bond acceptors (Lipinski definition) is 5. The summed E-state index contributed by atoms with van der Waals surface area (Å²) in [6.45, 7) is 2.80. The van der Waals surface area contributed by atoms with Gasteiger partial charge in [0.25, 0.3) is 5.91 Å². The van der Waals surface area contributed by atoms with E-state index in [2.05, 4.69) is 16.0 Å². The zero-order valence-corrected chi connectivity index (χ0v) is 18.3. The standard InChI is InChI=1S/C25H23ClN4O2/c26-22-10-3-1-7-20(22)18-32-23-11-4-2-9-21(23)25(31)30-14-6-13-29(15-16-30)24-19(17-27)8-5-12-28-24/h1-5,7-12H,6,13-16,18H2. The highest BCUT2D eigenvalue weighted by atomic mass is 35.5. The molecule has 1 amide bonds. The van der Waals surface area contributed by atoms with Gasteiger partial charge in [-0.1, -0.05) is 41.9 Å². The predicted molar refractivity (Wildman–Crippen MR) is 124 cm³/mol. The van der Waals surface area contributed by atoms with Crippen LogP contribution in [0.3, 0.4) is 0 Å². The Labute approximate surface area is 192 Å². The van der Waals surface area contributed by atoms with Crippen LogP contribution in [-0.4, -0.2) is 42.0 Å². The number of nitrogens with zero attached hydrogens (tertiary/aromatic N) is 4. The first kappa shape index (κ1) is 21.7. The molecular weight excluding hydrogens is 424 g/mol. The predicted octanol–water partition coefficient (Wildman–Crippen LogP) is 4.54. The Morgan fingerprint density at radius 1 is 1.03 bits per heavy atom. The highest BCUT2D eigenvalue weighted by Crippen LogP contribution is 2.24. The van der Waals surface area contributed by atoms with Gasteiger partial charge < -0.3 is 14.5 Å². The van der Waals surface area contributed by atoms with Crippen LogP contribution in [0.1, 0.15) is 27.9 Å². The average Bonchev–Trinajstić information content (AvgIpc) is 3.09. The molecule has 2 aromatic carbocycles. The zero-order valence-electron chi connectivity index (χ0n) is 17.6. The number of ether oxygens (including phenoxy) is 1. The molecule has 0 saturated carbocycles. The van der Waals surface area contributed by atoms with E-state index in [1.54, 1.807) is 30.5 Å². The highest BCUT2D eigenvalue weighted by Gasteiger charge is 2.24. The number of nitriles is 1. The third kappa shape index (κ3) is 4.84. The van der Waals surface area contributed by atoms with E-state index >= 15 is 0 Å². The van der Waals surface area contributed by atoms with Crippen molar-refractivity contribution in [3.8, 4) is 11.8 Å². The maximum atomic E-state index is 13.4. The molecule has 1 saturated heterocycles. The lowest BCUT2D eigenvalue weighted by atomic mass is 10.1. The number of pyridine rings is 1. The summed E-state index contributed by atoms with van der Waals surface area (Å²) in [6.07, 6.45) is 2.48. The van der Waals surface area contributed by atoms with E-state index in [0.717, 1.165) is 18.5 Å². The van der Waals surface area contributed by atoms with Gasteiger partial charge in [-0.25, -0.2) is 4.98 Å². The van der Waals surface area contributed by atoms with Crippen molar-refractivity contribution in [2.24, 2.45) is 0 Å². The van der Waals surface area contributed by atoms with Crippen LogP contribution in [-0.2, 0) is 6.61 Å². The molecule has 1 fully saturated rings. The second-order valence-electron chi connectivity index (χ2n) is 7.50. The Balaban J connectivity index is 1.47. The molecule has 0 spiro atoms. The second-order valence-corrected chi connectivity index (χ2v) is 7.90. The van der Waals surface area contributed by atoms with Crippen LogP contribution in [0, 0.1) is 11.3 Å². The summed E-state index contributed by atoms with van der Waals surface area (Å²) < 4.78 is 5.98. The van der Waals surface area contributed by atoms with E-state index in [1.165, 1.54) is 0 Å². The van der Waals surface area contributed by atoms with Gasteiger partial charge in [0.1, 0.15) is 24.2 Å². The van der Waals surface area contributed by atoms with Crippen molar-refractivity contribution >= 4 is 23.3 Å². The summed E-state index contributed by atoms with van der Waals surface area (Å²) in [7, 11) is 0. The lowest BCUT2D eigenvalue weighted by molar-refractivity contribution is 0.0762. The van der Waals surface area contributed by atoms with E-state index in [1.807, 2.05) is 41.3 Å². The third-order valence-corrected chi connectivity index (χ3v) is 5.82. The van der Waals surface area contributed by atoms with Gasteiger partial charge in [0.05, 0.1) is 11.1 Å². The Kier molecular flexibility index (Phi) is 6.88. The zero-order chi connectivity index (χ0) is 22.3. The van der Waals surface area contributed by atoms with Crippen LogP contribution in [0.4, 0.5) is 5.82 Å². The van der Waals surface area contributed by atoms with Crippen LogP contribution < -0.4 is 9.64 Å². The van der Waals surface area contributed by atoms with Crippen molar-refractivity contribution in [2.45, 2.75) is 13.0 Å². The number of amides is 1. The van der Waals surface area contributed by atoms with Gasteiger partial charge in [-0.2, -0.15) is 5.26 Å². The SMILES string of the molecule is N#Cc1cccnc1N1CCCN(C(=O)c2ccccc2OCc2ccccc2Cl)CC1. The molecule has 0 aliphatic carbocycles. The minimum Gasteiger partial charge on any atom is -0.488 e. The fourth-order valence-corrected chi connectivity index (χ4v) is 3.97. The molecule has 3 aromatic rings. The summed E-state index contributed by atoms with van der Waals surface area (Å²) in [6, 6.07) is 20.5. The first-order valence-electron chi connectivity index (χ1n) is 10.5. The maximum absolute atomic E-state index is 13.4. The minimum absolute atomic E-state index is 0.0665. The number of aromatic nitrogens is 1. The number of hydrogen-bond donors (Lipinski definition) is 0. The summed E-state index contributed by atoms with van der Waals surface area (Å²) in [5, 5.41) is 10.0. The molecule has 1 aliphatic heterocycles. The number of rotatable bonds is 5. The van der Waals surface area contributed by atoms with Crippen molar-refractivity contribution in [1.29, 1.82) is 5.26 Å². The molecule has 2 heterocycles. The van der Waals surface area contributed by atoms with Gasteiger partial charge in [-0.05, 0) is 36.8 Å². The van der Waals surface area contributed by atoms with Crippen LogP contribution in [0.2, 0.25) is 5.02 Å². The van der Waals surface area contributed by atoms with Crippen molar-refractivity contribution < 1.29 is 9.53 Å². The van der Waals surface area contributed by atoms with Crippen molar-refractivity contribution in [1.82, 2.24) is 9.88 Å². The summed E-state index contributed by atoms with van der Waals surface area (Å²) in [5.41, 5.74) is 1.94. The van der Waals surface area contributed by atoms with E-state index in [-0.39, 0.29) is 12.5 Å². The number of para-hydroxylation sites is 1. The monoisotopic (exact) mass is 446 g/mol. The molecular formula is C25H23ClN4O2. The molecule has 1 aromatic heterocycles. The minimum atomic E-state index is -0.0665. The second kappa shape index (κ2) is 10.2. The molecule has 6 nitrogen and oxygen atoms in total. The Morgan fingerprint density at radius 3 is 2.69 bits per heavy atom. The van der Waals surface area contributed by atoms with Crippen molar-refractivity contribution in [2.75, 3.05) is 31.1 Å². The molecule has 0 bridgehead atoms. The number of carbonyl (C=O) groups excluding carboxylic acids is 1. The quantitative estimate of drug-likeness (QED) is 0.575. The molecule has 4 rings (SSSR count). The molecule has 1 aliphatic rings.